The van der Waals surface area contributed by atoms with E-state index in [0.717, 1.165) is 45.0 Å². The number of pyridine rings is 1. The number of aryl methyl sites for hydroxylation is 1. The molecule has 10 nitrogen and oxygen atoms in total. The number of piperidine rings is 1. The minimum atomic E-state index is -0.554. The zero-order valence-corrected chi connectivity index (χ0v) is 27.1. The second-order valence-corrected chi connectivity index (χ2v) is 13.4. The van der Waals surface area contributed by atoms with Crippen molar-refractivity contribution in [2.24, 2.45) is 0 Å². The number of thiazole rings is 1. The summed E-state index contributed by atoms with van der Waals surface area (Å²) in [7, 11) is 1.66. The maximum Gasteiger partial charge on any atom is 0.410 e. The van der Waals surface area contributed by atoms with Crippen molar-refractivity contribution < 1.29 is 19.0 Å². The molecule has 0 aliphatic carbocycles. The van der Waals surface area contributed by atoms with Crippen molar-refractivity contribution in [2.45, 2.75) is 58.7 Å². The molecule has 1 aliphatic heterocycles. The number of rotatable bonds is 8. The quantitative estimate of drug-likeness (QED) is 0.189. The van der Waals surface area contributed by atoms with Gasteiger partial charge in [0.25, 0.3) is 0 Å². The van der Waals surface area contributed by atoms with E-state index >= 15 is 0 Å². The molecule has 0 radical (unpaired) electrons. The van der Waals surface area contributed by atoms with Gasteiger partial charge < -0.3 is 24.4 Å². The molecule has 1 N–H and O–H groups in total. The molecule has 6 rings (SSSR count). The molecule has 2 aromatic carbocycles. The van der Waals surface area contributed by atoms with Crippen LogP contribution in [0.4, 0.5) is 10.6 Å². The van der Waals surface area contributed by atoms with Gasteiger partial charge in [0.05, 0.1) is 13.7 Å². The molecule has 5 aromatic rings. The van der Waals surface area contributed by atoms with Gasteiger partial charge in [0.15, 0.2) is 11.5 Å². The third-order valence-corrected chi connectivity index (χ3v) is 8.39. The lowest BCUT2D eigenvalue weighted by Gasteiger charge is -2.34. The van der Waals surface area contributed by atoms with E-state index in [-0.39, 0.29) is 12.1 Å². The number of amides is 1. The molecule has 45 heavy (non-hydrogen) atoms. The summed E-state index contributed by atoms with van der Waals surface area (Å²) in [4.78, 5) is 25.1. The Morgan fingerprint density at radius 2 is 1.91 bits per heavy atom. The average molecular weight is 627 g/mol. The number of hydrogen-bond donors (Lipinski definition) is 1. The zero-order chi connectivity index (χ0) is 31.6. The molecule has 4 heterocycles. The minimum Gasteiger partial charge on any atom is -0.497 e. The standard InChI is InChI=1S/C34H38N6O4S/c1-22-19-36-32(45-22)24-8-6-10-27(18-24)43-28-15-16-35-31-29(28)30(38-40(31)20-23-11-13-26(42-5)14-12-23)37-25-9-7-17-39(21-25)33(41)44-34(2,3)4/h6,8,10-16,18-19,25H,7,9,17,20-21H2,1-5H3,(H,37,38)/t25-/m1/s1. The fourth-order valence-electron chi connectivity index (χ4n) is 5.36. The molecule has 0 saturated carbocycles. The second-order valence-electron chi connectivity index (χ2n) is 12.2. The van der Waals surface area contributed by atoms with Crippen molar-refractivity contribution in [3.8, 4) is 27.8 Å². The van der Waals surface area contributed by atoms with Gasteiger partial charge in [0.2, 0.25) is 0 Å². The number of methoxy groups -OCH3 is 1. The molecule has 234 valence electrons. The van der Waals surface area contributed by atoms with Crippen LogP contribution in [0.25, 0.3) is 21.6 Å². The first kappa shape index (κ1) is 30.4. The van der Waals surface area contributed by atoms with Gasteiger partial charge in [-0.2, -0.15) is 5.10 Å². The maximum atomic E-state index is 12.9. The zero-order valence-electron chi connectivity index (χ0n) is 26.2. The lowest BCUT2D eigenvalue weighted by atomic mass is 10.1. The molecule has 0 bridgehead atoms. The highest BCUT2D eigenvalue weighted by Crippen LogP contribution is 2.37. The first-order valence-corrected chi connectivity index (χ1v) is 15.9. The van der Waals surface area contributed by atoms with Crippen molar-refractivity contribution in [1.29, 1.82) is 0 Å². The third-order valence-electron chi connectivity index (χ3n) is 7.43. The molecule has 1 saturated heterocycles. The maximum absolute atomic E-state index is 12.9. The number of aromatic nitrogens is 4. The number of carbonyl (C=O) groups is 1. The summed E-state index contributed by atoms with van der Waals surface area (Å²) < 4.78 is 19.4. The highest BCUT2D eigenvalue weighted by Gasteiger charge is 2.29. The minimum absolute atomic E-state index is 0.0247. The van der Waals surface area contributed by atoms with Crippen molar-refractivity contribution in [3.05, 3.63) is 77.4 Å². The Kier molecular flexibility index (Phi) is 8.62. The van der Waals surface area contributed by atoms with E-state index in [2.05, 4.69) is 10.3 Å². The van der Waals surface area contributed by atoms with Gasteiger partial charge in [-0.25, -0.2) is 19.4 Å². The Morgan fingerprint density at radius 1 is 1.09 bits per heavy atom. The van der Waals surface area contributed by atoms with Crippen LogP contribution in [0.2, 0.25) is 0 Å². The van der Waals surface area contributed by atoms with Crippen LogP contribution in [0.5, 0.6) is 17.2 Å². The number of likely N-dealkylation sites (tertiary alicyclic amines) is 1. The number of benzene rings is 2. The van der Waals surface area contributed by atoms with Crippen LogP contribution in [0.15, 0.2) is 67.0 Å². The predicted molar refractivity (Wildman–Crippen MR) is 176 cm³/mol. The lowest BCUT2D eigenvalue weighted by molar-refractivity contribution is 0.0206. The largest absolute Gasteiger partial charge is 0.497 e. The van der Waals surface area contributed by atoms with Gasteiger partial charge in [-0.15, -0.1) is 11.3 Å². The monoisotopic (exact) mass is 626 g/mol. The van der Waals surface area contributed by atoms with Gasteiger partial charge in [0.1, 0.15) is 33.2 Å². The third kappa shape index (κ3) is 7.20. The second kappa shape index (κ2) is 12.8. The van der Waals surface area contributed by atoms with Crippen LogP contribution < -0.4 is 14.8 Å². The van der Waals surface area contributed by atoms with Crippen LogP contribution in [0, 0.1) is 6.92 Å². The normalized spacial score (nSPS) is 15.2. The lowest BCUT2D eigenvalue weighted by Crippen LogP contribution is -2.47. The molecule has 3 aromatic heterocycles. The highest BCUT2D eigenvalue weighted by molar-refractivity contribution is 7.14. The smallest absolute Gasteiger partial charge is 0.410 e. The van der Waals surface area contributed by atoms with Crippen molar-refractivity contribution in [2.75, 3.05) is 25.5 Å². The first-order chi connectivity index (χ1) is 21.6. The molecule has 1 amide bonds. The van der Waals surface area contributed by atoms with Crippen molar-refractivity contribution in [1.82, 2.24) is 24.6 Å². The number of carbonyl (C=O) groups excluding carboxylic acids is 1. The Balaban J connectivity index is 1.33. The van der Waals surface area contributed by atoms with Gasteiger partial charge in [0, 0.05) is 48.0 Å². The van der Waals surface area contributed by atoms with E-state index in [0.29, 0.717) is 42.6 Å². The molecular weight excluding hydrogens is 588 g/mol. The number of nitrogens with zero attached hydrogens (tertiary/aromatic N) is 5. The van der Waals surface area contributed by atoms with Crippen molar-refractivity contribution >= 4 is 34.3 Å². The van der Waals surface area contributed by atoms with Crippen LogP contribution in [-0.4, -0.2) is 62.6 Å². The van der Waals surface area contributed by atoms with Crippen LogP contribution in [0.3, 0.4) is 0 Å². The van der Waals surface area contributed by atoms with Crippen molar-refractivity contribution in [3.63, 3.8) is 0 Å². The number of anilines is 1. The average Bonchev–Trinajstić information content (AvgIpc) is 3.61. The molecule has 1 fully saturated rings. The van der Waals surface area contributed by atoms with E-state index < -0.39 is 5.60 Å². The van der Waals surface area contributed by atoms with E-state index in [1.807, 2.05) is 93.2 Å². The Morgan fingerprint density at radius 3 is 2.64 bits per heavy atom. The summed E-state index contributed by atoms with van der Waals surface area (Å²) in [6, 6.07) is 17.7. The highest BCUT2D eigenvalue weighted by atomic mass is 32.1. The number of fused-ring (bicyclic) bond motifs is 1. The van der Waals surface area contributed by atoms with E-state index in [9.17, 15) is 4.79 Å². The van der Waals surface area contributed by atoms with Crippen LogP contribution >= 0.6 is 11.3 Å². The number of ether oxygens (including phenoxy) is 3. The SMILES string of the molecule is COc1ccc(Cn2nc(N[C@@H]3CCCN(C(=O)OC(C)(C)C)C3)c3c(Oc4cccc(-c5ncc(C)s5)c4)ccnc32)cc1. The van der Waals surface area contributed by atoms with E-state index in [4.69, 9.17) is 24.3 Å². The molecule has 0 unspecified atom stereocenters. The number of nitrogens with one attached hydrogen (secondary N) is 1. The molecule has 0 spiro atoms. The van der Waals surface area contributed by atoms with Gasteiger partial charge in [-0.05, 0) is 70.4 Å². The summed E-state index contributed by atoms with van der Waals surface area (Å²) in [5, 5.41) is 10.4. The molecular formula is C34H38N6O4S. The van der Waals surface area contributed by atoms with E-state index in [1.54, 1.807) is 29.5 Å². The Bertz CT molecular complexity index is 1790. The fourth-order valence-corrected chi connectivity index (χ4v) is 6.12. The van der Waals surface area contributed by atoms with Crippen LogP contribution in [0.1, 0.15) is 44.1 Å². The summed E-state index contributed by atoms with van der Waals surface area (Å²) in [5.74, 6) is 2.78. The predicted octanol–water partition coefficient (Wildman–Crippen LogP) is 7.52. The first-order valence-electron chi connectivity index (χ1n) is 15.1. The summed E-state index contributed by atoms with van der Waals surface area (Å²) in [5.41, 5.74) is 2.19. The Labute approximate surface area is 267 Å². The number of hydrogen-bond acceptors (Lipinski definition) is 9. The summed E-state index contributed by atoms with van der Waals surface area (Å²) >= 11 is 1.65. The Hall–Kier alpha value is -4.64. The fraction of sp³-hybridized carbons (Fsp3) is 0.353. The topological polar surface area (TPSA) is 104 Å². The summed E-state index contributed by atoms with van der Waals surface area (Å²) in [6.07, 6.45) is 5.06. The van der Waals surface area contributed by atoms with Crippen LogP contribution in [-0.2, 0) is 11.3 Å². The van der Waals surface area contributed by atoms with Gasteiger partial charge >= 0.3 is 6.09 Å². The van der Waals surface area contributed by atoms with Gasteiger partial charge in [-0.1, -0.05) is 24.3 Å². The molecule has 1 atom stereocenters. The molecule has 11 heteroatoms. The summed E-state index contributed by atoms with van der Waals surface area (Å²) in [6.45, 7) is 9.37. The van der Waals surface area contributed by atoms with Gasteiger partial charge in [-0.3, -0.25) is 0 Å². The van der Waals surface area contributed by atoms with E-state index in [1.165, 1.54) is 0 Å². The molecule has 1 aliphatic rings.